The quantitative estimate of drug-likeness (QED) is 0.818. The van der Waals surface area contributed by atoms with Crippen LogP contribution in [0, 0.1) is 5.92 Å². The number of nitrogen functional groups attached to an aromatic ring is 1. The van der Waals surface area contributed by atoms with E-state index in [1.54, 1.807) is 18.3 Å². The highest BCUT2D eigenvalue weighted by molar-refractivity contribution is 7.16. The Balaban J connectivity index is 2.28. The van der Waals surface area contributed by atoms with Crippen molar-refractivity contribution < 1.29 is 4.79 Å². The summed E-state index contributed by atoms with van der Waals surface area (Å²) in [6.07, 6.45) is 5.94. The second-order valence-corrected chi connectivity index (χ2v) is 5.83. The number of fused-ring (bicyclic) bond motifs is 1. The maximum Gasteiger partial charge on any atom is 0.163 e. The van der Waals surface area contributed by atoms with Crippen molar-refractivity contribution in [1.29, 1.82) is 0 Å². The Kier molecular flexibility index (Phi) is 3.33. The Hall–Kier alpha value is -0.830. The highest BCUT2D eigenvalue weighted by Gasteiger charge is 2.25. The molecule has 88 valence electrons. The molecule has 1 unspecified atom stereocenters. The smallest absolute Gasteiger partial charge is 0.163 e. The molecule has 0 aromatic carbocycles. The van der Waals surface area contributed by atoms with Crippen molar-refractivity contribution in [2.45, 2.75) is 46.0 Å². The van der Waals surface area contributed by atoms with Crippen LogP contribution in [0.25, 0.3) is 0 Å². The summed E-state index contributed by atoms with van der Waals surface area (Å²) in [6.45, 7) is 3.86. The monoisotopic (exact) mass is 237 g/mol. The maximum absolute atomic E-state index is 11.5. The number of ketones is 1. The van der Waals surface area contributed by atoms with Gasteiger partial charge in [0.1, 0.15) is 0 Å². The molecule has 16 heavy (non-hydrogen) atoms. The summed E-state index contributed by atoms with van der Waals surface area (Å²) in [5.74, 6) is 0.930. The van der Waals surface area contributed by atoms with Gasteiger partial charge in [0.05, 0.1) is 10.6 Å². The number of rotatable bonds is 3. The van der Waals surface area contributed by atoms with Gasteiger partial charge in [-0.25, -0.2) is 0 Å². The largest absolute Gasteiger partial charge is 0.390 e. The SMILES string of the molecule is CCCC1CCc2c(sc(N)c2C(C)=O)C1. The number of anilines is 1. The van der Waals surface area contributed by atoms with Crippen LogP contribution in [0.2, 0.25) is 0 Å². The van der Waals surface area contributed by atoms with Crippen molar-refractivity contribution >= 4 is 22.1 Å². The zero-order valence-electron chi connectivity index (χ0n) is 10.0. The molecule has 2 nitrogen and oxygen atoms in total. The van der Waals surface area contributed by atoms with Gasteiger partial charge < -0.3 is 5.73 Å². The zero-order valence-corrected chi connectivity index (χ0v) is 10.8. The summed E-state index contributed by atoms with van der Waals surface area (Å²) in [5.41, 5.74) is 8.01. The standard InChI is InChI=1S/C13H19NOS/c1-3-4-9-5-6-10-11(7-9)16-13(14)12(10)8(2)15/h9H,3-7,14H2,1-2H3. The lowest BCUT2D eigenvalue weighted by atomic mass is 9.84. The molecule has 0 fully saturated rings. The number of thiophene rings is 1. The average molecular weight is 237 g/mol. The maximum atomic E-state index is 11.5. The Morgan fingerprint density at radius 1 is 1.56 bits per heavy atom. The first-order chi connectivity index (χ1) is 7.63. The van der Waals surface area contributed by atoms with Crippen molar-refractivity contribution in [3.63, 3.8) is 0 Å². The van der Waals surface area contributed by atoms with Gasteiger partial charge in [0.25, 0.3) is 0 Å². The number of carbonyl (C=O) groups excluding carboxylic acids is 1. The summed E-state index contributed by atoms with van der Waals surface area (Å²) in [4.78, 5) is 12.9. The molecule has 1 aromatic heterocycles. The number of hydrogen-bond acceptors (Lipinski definition) is 3. The van der Waals surface area contributed by atoms with Gasteiger partial charge in [-0.15, -0.1) is 11.3 Å². The van der Waals surface area contributed by atoms with E-state index in [1.807, 2.05) is 0 Å². The molecule has 2 N–H and O–H groups in total. The van der Waals surface area contributed by atoms with E-state index >= 15 is 0 Å². The van der Waals surface area contributed by atoms with E-state index in [2.05, 4.69) is 6.92 Å². The normalized spacial score (nSPS) is 19.5. The fourth-order valence-electron chi connectivity index (χ4n) is 2.72. The summed E-state index contributed by atoms with van der Waals surface area (Å²) in [7, 11) is 0. The molecule has 0 amide bonds. The van der Waals surface area contributed by atoms with Crippen LogP contribution in [0.3, 0.4) is 0 Å². The summed E-state index contributed by atoms with van der Waals surface area (Å²) in [6, 6.07) is 0. The van der Waals surface area contributed by atoms with Crippen molar-refractivity contribution in [2.24, 2.45) is 5.92 Å². The van der Waals surface area contributed by atoms with Gasteiger partial charge >= 0.3 is 0 Å². The molecule has 0 radical (unpaired) electrons. The fraction of sp³-hybridized carbons (Fsp3) is 0.615. The van der Waals surface area contributed by atoms with Crippen LogP contribution < -0.4 is 5.73 Å². The molecule has 2 rings (SSSR count). The third kappa shape index (κ3) is 2.01. The van der Waals surface area contributed by atoms with E-state index in [9.17, 15) is 4.79 Å². The average Bonchev–Trinajstić information content (AvgIpc) is 2.53. The molecule has 0 bridgehead atoms. The van der Waals surface area contributed by atoms with E-state index in [1.165, 1.54) is 29.7 Å². The molecule has 3 heteroatoms. The van der Waals surface area contributed by atoms with E-state index in [4.69, 9.17) is 5.73 Å². The first-order valence-electron chi connectivity index (χ1n) is 6.04. The van der Waals surface area contributed by atoms with Crippen LogP contribution in [0.5, 0.6) is 0 Å². The minimum atomic E-state index is 0.129. The van der Waals surface area contributed by atoms with E-state index in [0.29, 0.717) is 0 Å². The number of nitrogens with two attached hydrogens (primary N) is 1. The lowest BCUT2D eigenvalue weighted by molar-refractivity contribution is 0.101. The van der Waals surface area contributed by atoms with Gasteiger partial charge in [-0.1, -0.05) is 19.8 Å². The summed E-state index contributed by atoms with van der Waals surface area (Å²) >= 11 is 1.63. The van der Waals surface area contributed by atoms with Gasteiger partial charge in [-0.2, -0.15) is 0 Å². The van der Waals surface area contributed by atoms with Crippen LogP contribution in [0.15, 0.2) is 0 Å². The number of carbonyl (C=O) groups is 1. The minimum Gasteiger partial charge on any atom is -0.390 e. The molecule has 0 saturated carbocycles. The molecule has 1 heterocycles. The van der Waals surface area contributed by atoms with Crippen LogP contribution in [-0.4, -0.2) is 5.78 Å². The predicted octanol–water partition coefficient (Wildman–Crippen LogP) is 3.44. The number of Topliss-reactive ketones (excluding diaryl/α,β-unsaturated/α-hetero) is 1. The molecule has 1 aliphatic carbocycles. The van der Waals surface area contributed by atoms with Gasteiger partial charge in [0.2, 0.25) is 0 Å². The van der Waals surface area contributed by atoms with Crippen molar-refractivity contribution in [1.82, 2.24) is 0 Å². The molecule has 0 spiro atoms. The Morgan fingerprint density at radius 3 is 2.94 bits per heavy atom. The fourth-order valence-corrected chi connectivity index (χ4v) is 4.00. The first-order valence-corrected chi connectivity index (χ1v) is 6.86. The van der Waals surface area contributed by atoms with Gasteiger partial charge in [0.15, 0.2) is 5.78 Å². The molecular formula is C13H19NOS. The van der Waals surface area contributed by atoms with Crippen LogP contribution >= 0.6 is 11.3 Å². The van der Waals surface area contributed by atoms with Crippen molar-refractivity contribution in [2.75, 3.05) is 5.73 Å². The van der Waals surface area contributed by atoms with Crippen LogP contribution in [0.1, 0.15) is 53.9 Å². The molecule has 0 aliphatic heterocycles. The third-order valence-electron chi connectivity index (χ3n) is 3.44. The second-order valence-electron chi connectivity index (χ2n) is 4.70. The van der Waals surface area contributed by atoms with Crippen molar-refractivity contribution in [3.8, 4) is 0 Å². The van der Waals surface area contributed by atoms with Crippen LogP contribution in [-0.2, 0) is 12.8 Å². The predicted molar refractivity (Wildman–Crippen MR) is 69.2 cm³/mol. The first kappa shape index (κ1) is 11.6. The number of hydrogen-bond donors (Lipinski definition) is 1. The van der Waals surface area contributed by atoms with Gasteiger partial charge in [-0.3, -0.25) is 4.79 Å². The van der Waals surface area contributed by atoms with Crippen molar-refractivity contribution in [3.05, 3.63) is 16.0 Å². The molecule has 1 aliphatic rings. The Morgan fingerprint density at radius 2 is 2.31 bits per heavy atom. The highest BCUT2D eigenvalue weighted by atomic mass is 32.1. The van der Waals surface area contributed by atoms with E-state index < -0.39 is 0 Å². The lowest BCUT2D eigenvalue weighted by Gasteiger charge is -2.21. The van der Waals surface area contributed by atoms with Crippen LogP contribution in [0.4, 0.5) is 5.00 Å². The Bertz CT molecular complexity index is 408. The van der Waals surface area contributed by atoms with Gasteiger partial charge in [-0.05, 0) is 37.7 Å². The minimum absolute atomic E-state index is 0.129. The molecule has 0 saturated heterocycles. The lowest BCUT2D eigenvalue weighted by Crippen LogP contribution is -2.14. The summed E-state index contributed by atoms with van der Waals surface area (Å²) in [5, 5.41) is 0.731. The Labute approximate surface area is 101 Å². The highest BCUT2D eigenvalue weighted by Crippen LogP contribution is 2.39. The third-order valence-corrected chi connectivity index (χ3v) is 4.53. The molecule has 1 aromatic rings. The molecular weight excluding hydrogens is 218 g/mol. The topological polar surface area (TPSA) is 43.1 Å². The zero-order chi connectivity index (χ0) is 11.7. The summed E-state index contributed by atoms with van der Waals surface area (Å²) < 4.78 is 0. The van der Waals surface area contributed by atoms with E-state index in [0.717, 1.165) is 29.3 Å². The van der Waals surface area contributed by atoms with Gasteiger partial charge in [0, 0.05) is 4.88 Å². The second kappa shape index (κ2) is 4.58. The molecule has 1 atom stereocenters. The van der Waals surface area contributed by atoms with E-state index in [-0.39, 0.29) is 5.78 Å².